The van der Waals surface area contributed by atoms with E-state index in [4.69, 9.17) is 10.7 Å². The smallest absolute Gasteiger partial charge is 0.220 e. The number of aliphatic imine (C=N–C) groups is 1. The Labute approximate surface area is 165 Å². The summed E-state index contributed by atoms with van der Waals surface area (Å²) in [6.45, 7) is 8.04. The molecule has 6 nitrogen and oxygen atoms in total. The molecular weight excluding hydrogens is 338 g/mol. The van der Waals surface area contributed by atoms with Gasteiger partial charge in [0.2, 0.25) is 5.91 Å². The summed E-state index contributed by atoms with van der Waals surface area (Å²) in [4.78, 5) is 18.4. The predicted octanol–water partition coefficient (Wildman–Crippen LogP) is 2.49. The number of guanidine groups is 1. The number of carbonyl (C=O) groups is 1. The molecule has 0 aromatic carbocycles. The van der Waals surface area contributed by atoms with Crippen molar-refractivity contribution in [2.45, 2.75) is 71.1 Å². The average Bonchev–Trinajstić information content (AvgIpc) is 3.18. The maximum absolute atomic E-state index is 11.2. The molecule has 1 amide bonds. The molecule has 0 atom stereocenters. The van der Waals surface area contributed by atoms with Gasteiger partial charge in [0.1, 0.15) is 0 Å². The van der Waals surface area contributed by atoms with Crippen molar-refractivity contribution < 1.29 is 4.79 Å². The van der Waals surface area contributed by atoms with E-state index >= 15 is 0 Å². The molecule has 0 bridgehead atoms. The molecule has 0 spiro atoms. The van der Waals surface area contributed by atoms with Crippen LogP contribution in [0.5, 0.6) is 0 Å². The summed E-state index contributed by atoms with van der Waals surface area (Å²) in [6.07, 6.45) is 12.4. The zero-order chi connectivity index (χ0) is 19.3. The topological polar surface area (TPSA) is 82.8 Å². The lowest BCUT2D eigenvalue weighted by Crippen LogP contribution is -2.39. The fourth-order valence-corrected chi connectivity index (χ4v) is 4.32. The first-order chi connectivity index (χ1) is 13.2. The molecule has 2 rings (SSSR count). The Kier molecular flexibility index (Phi) is 10.6. The van der Waals surface area contributed by atoms with Crippen molar-refractivity contribution in [2.24, 2.45) is 22.6 Å². The van der Waals surface area contributed by atoms with Crippen molar-refractivity contribution >= 4 is 11.9 Å². The van der Waals surface area contributed by atoms with Crippen molar-refractivity contribution in [1.82, 2.24) is 15.5 Å². The van der Waals surface area contributed by atoms with E-state index in [1.54, 1.807) is 0 Å². The van der Waals surface area contributed by atoms with Crippen LogP contribution in [0, 0.1) is 11.8 Å². The number of amides is 1. The number of rotatable bonds is 11. The second kappa shape index (κ2) is 13.0. The number of hydrogen-bond acceptors (Lipinski definition) is 3. The highest BCUT2D eigenvalue weighted by Crippen LogP contribution is 2.28. The third-order valence-corrected chi connectivity index (χ3v) is 6.04. The Bertz CT molecular complexity index is 440. The Hall–Kier alpha value is -1.30. The summed E-state index contributed by atoms with van der Waals surface area (Å²) in [5.41, 5.74) is 5.40. The van der Waals surface area contributed by atoms with Gasteiger partial charge >= 0.3 is 0 Å². The van der Waals surface area contributed by atoms with Crippen LogP contribution in [0.3, 0.4) is 0 Å². The van der Waals surface area contributed by atoms with Gasteiger partial charge in [-0.3, -0.25) is 9.79 Å². The molecular formula is C21H41N5O. The average molecular weight is 380 g/mol. The van der Waals surface area contributed by atoms with Gasteiger partial charge in [0.15, 0.2) is 5.96 Å². The molecule has 1 aliphatic heterocycles. The first-order valence-corrected chi connectivity index (χ1v) is 11.2. The lowest BCUT2D eigenvalue weighted by molar-refractivity contribution is -0.123. The molecule has 0 radical (unpaired) electrons. The molecule has 0 aromatic rings. The van der Waals surface area contributed by atoms with E-state index in [2.05, 4.69) is 22.5 Å². The summed E-state index contributed by atoms with van der Waals surface area (Å²) in [5, 5.41) is 6.82. The first kappa shape index (κ1) is 22.0. The largest absolute Gasteiger partial charge is 0.369 e. The molecule has 0 unspecified atom stereocenters. The molecule has 156 valence electrons. The van der Waals surface area contributed by atoms with Crippen LogP contribution < -0.4 is 16.4 Å². The maximum atomic E-state index is 11.2. The minimum atomic E-state index is -0.127. The van der Waals surface area contributed by atoms with E-state index in [-0.39, 0.29) is 11.8 Å². The van der Waals surface area contributed by atoms with Crippen LogP contribution in [-0.2, 0) is 4.79 Å². The molecule has 6 heteroatoms. The fourth-order valence-electron chi connectivity index (χ4n) is 4.32. The monoisotopic (exact) mass is 379 g/mol. The summed E-state index contributed by atoms with van der Waals surface area (Å²) in [5.74, 6) is 1.89. The van der Waals surface area contributed by atoms with E-state index in [0.29, 0.717) is 0 Å². The molecule has 2 aliphatic rings. The highest BCUT2D eigenvalue weighted by molar-refractivity contribution is 5.79. The van der Waals surface area contributed by atoms with E-state index in [9.17, 15) is 4.79 Å². The van der Waals surface area contributed by atoms with Gasteiger partial charge in [-0.25, -0.2) is 0 Å². The lowest BCUT2D eigenvalue weighted by atomic mass is 9.96. The van der Waals surface area contributed by atoms with Crippen LogP contribution in [0.15, 0.2) is 4.99 Å². The summed E-state index contributed by atoms with van der Waals surface area (Å²) >= 11 is 0. The molecule has 1 saturated carbocycles. The van der Waals surface area contributed by atoms with Gasteiger partial charge in [-0.1, -0.05) is 25.7 Å². The minimum absolute atomic E-state index is 0.0930. The zero-order valence-electron chi connectivity index (χ0n) is 17.3. The van der Waals surface area contributed by atoms with Crippen LogP contribution in [0.1, 0.15) is 71.1 Å². The van der Waals surface area contributed by atoms with Gasteiger partial charge in [-0.05, 0) is 71.0 Å². The first-order valence-electron chi connectivity index (χ1n) is 11.2. The van der Waals surface area contributed by atoms with Crippen molar-refractivity contribution in [3.05, 3.63) is 0 Å². The van der Waals surface area contributed by atoms with Crippen molar-refractivity contribution in [3.8, 4) is 0 Å². The number of nitrogens with zero attached hydrogens (tertiary/aromatic N) is 2. The molecule has 1 aliphatic carbocycles. The highest BCUT2D eigenvalue weighted by Gasteiger charge is 2.22. The third-order valence-electron chi connectivity index (χ3n) is 6.04. The van der Waals surface area contributed by atoms with Crippen molar-refractivity contribution in [1.29, 1.82) is 0 Å². The van der Waals surface area contributed by atoms with Crippen LogP contribution in [0.4, 0.5) is 0 Å². The molecule has 1 saturated heterocycles. The Morgan fingerprint density at radius 1 is 1.07 bits per heavy atom. The molecule has 27 heavy (non-hydrogen) atoms. The quantitative estimate of drug-likeness (QED) is 0.293. The molecule has 0 aromatic heterocycles. The van der Waals surface area contributed by atoms with Crippen LogP contribution >= 0.6 is 0 Å². The van der Waals surface area contributed by atoms with Crippen LogP contribution in [-0.4, -0.2) is 56.0 Å². The molecule has 2 fully saturated rings. The maximum Gasteiger partial charge on any atom is 0.220 e. The summed E-state index contributed by atoms with van der Waals surface area (Å²) in [6, 6.07) is 0. The van der Waals surface area contributed by atoms with Gasteiger partial charge in [0.25, 0.3) is 0 Å². The number of hydrogen-bond donors (Lipinski definition) is 3. The zero-order valence-corrected chi connectivity index (χ0v) is 17.3. The second-order valence-electron chi connectivity index (χ2n) is 8.21. The molecule has 4 N–H and O–H groups in total. The fraction of sp³-hybridized carbons (Fsp3) is 0.905. The number of likely N-dealkylation sites (tertiary alicyclic amines) is 1. The number of unbranched alkanes of at least 4 members (excludes halogenated alkanes) is 1. The number of carbonyl (C=O) groups excluding carboxylic acids is 1. The number of primary amides is 1. The van der Waals surface area contributed by atoms with Gasteiger partial charge in [-0.2, -0.15) is 0 Å². The van der Waals surface area contributed by atoms with E-state index in [1.807, 2.05) is 0 Å². The third kappa shape index (κ3) is 8.96. The second-order valence-corrected chi connectivity index (χ2v) is 8.21. The van der Waals surface area contributed by atoms with Crippen molar-refractivity contribution in [3.63, 3.8) is 0 Å². The van der Waals surface area contributed by atoms with Crippen molar-refractivity contribution in [2.75, 3.05) is 39.3 Å². The normalized spacial score (nSPS) is 20.1. The van der Waals surface area contributed by atoms with Gasteiger partial charge in [0.05, 0.1) is 0 Å². The van der Waals surface area contributed by atoms with E-state index in [0.717, 1.165) is 70.4 Å². The van der Waals surface area contributed by atoms with Gasteiger partial charge in [-0.15, -0.1) is 0 Å². The lowest BCUT2D eigenvalue weighted by Gasteiger charge is -2.30. The number of nitrogens with one attached hydrogen (secondary N) is 2. The van der Waals surface area contributed by atoms with E-state index in [1.165, 1.54) is 44.9 Å². The predicted molar refractivity (Wildman–Crippen MR) is 113 cm³/mol. The number of nitrogens with two attached hydrogens (primary N) is 1. The Balaban J connectivity index is 1.52. The summed E-state index contributed by atoms with van der Waals surface area (Å²) < 4.78 is 0. The molecule has 1 heterocycles. The van der Waals surface area contributed by atoms with Gasteiger partial charge in [0, 0.05) is 25.6 Å². The Morgan fingerprint density at radius 2 is 1.81 bits per heavy atom. The number of piperidine rings is 1. The standard InChI is InChI=1S/C21H41N5O/c1-2-23-21(25-14-7-10-18-8-3-4-9-18)24-13-5-6-15-26-16-11-19(12-17-26)20(22)27/h18-19H,2-17H2,1H3,(H2,22,27)(H2,23,24,25). The summed E-state index contributed by atoms with van der Waals surface area (Å²) in [7, 11) is 0. The van der Waals surface area contributed by atoms with Crippen LogP contribution in [0.25, 0.3) is 0 Å². The Morgan fingerprint density at radius 3 is 2.48 bits per heavy atom. The van der Waals surface area contributed by atoms with E-state index < -0.39 is 0 Å². The van der Waals surface area contributed by atoms with Crippen LogP contribution in [0.2, 0.25) is 0 Å². The minimum Gasteiger partial charge on any atom is -0.369 e. The highest BCUT2D eigenvalue weighted by atomic mass is 16.1. The SMILES string of the molecule is CCNC(=NCCCC1CCCC1)NCCCCN1CCC(C(N)=O)CC1. The van der Waals surface area contributed by atoms with Gasteiger partial charge < -0.3 is 21.3 Å².